The first-order valence-corrected chi connectivity index (χ1v) is 6.08. The highest BCUT2D eigenvalue weighted by atomic mass is 31.0. The monoisotopic (exact) mass is 288 g/mol. The van der Waals surface area contributed by atoms with Gasteiger partial charge in [0, 0.05) is 10.9 Å². The Morgan fingerprint density at radius 1 is 1.11 bits per heavy atom. The number of rotatable bonds is 2. The standard InChI is InChI=1S/C12H11F2O4P/c13-7-5(12(17)18)6(9(15)4-2-1-3-4)11(19)10(16)8(7)14/h15-16H,1-3,19H2,(H,17,18). The molecule has 0 spiro atoms. The number of aromatic carboxylic acids is 1. The van der Waals surface area contributed by atoms with Gasteiger partial charge in [-0.1, -0.05) is 0 Å². The second kappa shape index (κ2) is 4.78. The van der Waals surface area contributed by atoms with E-state index in [0.29, 0.717) is 18.4 Å². The summed E-state index contributed by atoms with van der Waals surface area (Å²) >= 11 is 0. The molecule has 0 aliphatic heterocycles. The highest BCUT2D eigenvalue weighted by molar-refractivity contribution is 7.28. The van der Waals surface area contributed by atoms with Crippen molar-refractivity contribution in [1.82, 2.24) is 0 Å². The molecule has 1 saturated carbocycles. The first kappa shape index (κ1) is 13.7. The van der Waals surface area contributed by atoms with E-state index in [-0.39, 0.29) is 10.9 Å². The predicted octanol–water partition coefficient (Wildman–Crippen LogP) is 2.32. The number of carbonyl (C=O) groups is 1. The van der Waals surface area contributed by atoms with Crippen molar-refractivity contribution >= 4 is 26.3 Å². The first-order valence-electron chi connectivity index (χ1n) is 5.50. The van der Waals surface area contributed by atoms with Crippen molar-refractivity contribution < 1.29 is 28.9 Å². The van der Waals surface area contributed by atoms with Gasteiger partial charge < -0.3 is 15.3 Å². The van der Waals surface area contributed by atoms with Gasteiger partial charge in [0.15, 0.2) is 11.6 Å². The van der Waals surface area contributed by atoms with Crippen molar-refractivity contribution in [3.63, 3.8) is 0 Å². The summed E-state index contributed by atoms with van der Waals surface area (Å²) in [5, 5.41) is 28.1. The summed E-state index contributed by atoms with van der Waals surface area (Å²) in [6.45, 7) is 0. The molecule has 7 heteroatoms. The van der Waals surface area contributed by atoms with E-state index in [2.05, 4.69) is 0 Å². The van der Waals surface area contributed by atoms with Gasteiger partial charge in [-0.25, -0.2) is 9.18 Å². The molecular weight excluding hydrogens is 277 g/mol. The predicted molar refractivity (Wildman–Crippen MR) is 67.7 cm³/mol. The molecule has 1 aliphatic rings. The lowest BCUT2D eigenvalue weighted by Gasteiger charge is -2.21. The third-order valence-corrected chi connectivity index (χ3v) is 3.70. The number of aromatic hydroxyl groups is 1. The molecule has 1 atom stereocenters. The van der Waals surface area contributed by atoms with E-state index >= 15 is 0 Å². The van der Waals surface area contributed by atoms with Crippen molar-refractivity contribution in [1.29, 1.82) is 0 Å². The van der Waals surface area contributed by atoms with E-state index in [4.69, 9.17) is 5.11 Å². The minimum atomic E-state index is -1.71. The number of hydrogen-bond donors (Lipinski definition) is 3. The molecule has 1 aromatic rings. The van der Waals surface area contributed by atoms with Crippen molar-refractivity contribution in [2.24, 2.45) is 0 Å². The molecule has 1 fully saturated rings. The van der Waals surface area contributed by atoms with E-state index < -0.39 is 34.7 Å². The zero-order chi connectivity index (χ0) is 14.3. The van der Waals surface area contributed by atoms with Gasteiger partial charge in [0.25, 0.3) is 0 Å². The van der Waals surface area contributed by atoms with Crippen LogP contribution in [-0.2, 0) is 0 Å². The number of phenolic OH excluding ortho intramolecular Hbond substituents is 1. The lowest BCUT2D eigenvalue weighted by molar-refractivity contribution is 0.0690. The molecule has 0 aromatic heterocycles. The number of phenols is 1. The van der Waals surface area contributed by atoms with Crippen LogP contribution in [0.1, 0.15) is 35.2 Å². The van der Waals surface area contributed by atoms with Gasteiger partial charge in [-0.05, 0) is 24.8 Å². The largest absolute Gasteiger partial charge is 0.507 e. The fourth-order valence-corrected chi connectivity index (χ4v) is 2.32. The Balaban J connectivity index is 2.82. The number of aliphatic hydroxyl groups excluding tert-OH is 1. The van der Waals surface area contributed by atoms with Crippen LogP contribution >= 0.6 is 9.24 Å². The maximum Gasteiger partial charge on any atom is 0.339 e. The van der Waals surface area contributed by atoms with E-state index in [0.717, 1.165) is 6.42 Å². The summed E-state index contributed by atoms with van der Waals surface area (Å²) in [7, 11) is 1.93. The van der Waals surface area contributed by atoms with Crippen molar-refractivity contribution in [2.45, 2.75) is 19.3 Å². The fraction of sp³-hybridized carbons (Fsp3) is 0.250. The summed E-state index contributed by atoms with van der Waals surface area (Å²) in [5.41, 5.74) is -0.794. The van der Waals surface area contributed by atoms with Gasteiger partial charge >= 0.3 is 5.97 Å². The maximum absolute atomic E-state index is 13.6. The van der Waals surface area contributed by atoms with Crippen LogP contribution in [0.3, 0.4) is 0 Å². The highest BCUT2D eigenvalue weighted by Gasteiger charge is 2.30. The van der Waals surface area contributed by atoms with Crippen LogP contribution in [-0.4, -0.2) is 21.3 Å². The normalized spacial score (nSPS) is 14.2. The third kappa shape index (κ3) is 2.06. The van der Waals surface area contributed by atoms with Crippen LogP contribution in [0, 0.1) is 11.6 Å². The number of carboxylic acids is 1. The minimum Gasteiger partial charge on any atom is -0.507 e. The number of carboxylic acid groups (broad SMARTS) is 1. The molecule has 1 aliphatic carbocycles. The zero-order valence-electron chi connectivity index (χ0n) is 9.70. The van der Waals surface area contributed by atoms with E-state index in [9.17, 15) is 23.8 Å². The molecule has 1 unspecified atom stereocenters. The number of allylic oxidation sites excluding steroid dienone is 1. The molecule has 0 saturated heterocycles. The van der Waals surface area contributed by atoms with E-state index in [1.165, 1.54) is 0 Å². The van der Waals surface area contributed by atoms with E-state index in [1.807, 2.05) is 9.24 Å². The van der Waals surface area contributed by atoms with Crippen molar-refractivity contribution in [2.75, 3.05) is 0 Å². The number of halogens is 2. The molecule has 3 N–H and O–H groups in total. The summed E-state index contributed by atoms with van der Waals surface area (Å²) < 4.78 is 27.0. The van der Waals surface area contributed by atoms with E-state index in [1.54, 1.807) is 0 Å². The Bertz CT molecular complexity index is 604. The molecule has 4 nitrogen and oxygen atoms in total. The molecule has 0 radical (unpaired) electrons. The molecule has 0 amide bonds. The minimum absolute atomic E-state index is 0.270. The summed E-state index contributed by atoms with van der Waals surface area (Å²) in [4.78, 5) is 11.1. The van der Waals surface area contributed by atoms with Crippen LogP contribution in [0.5, 0.6) is 5.75 Å². The third-order valence-electron chi connectivity index (χ3n) is 3.14. The molecule has 1 aromatic carbocycles. The maximum atomic E-state index is 13.6. The van der Waals surface area contributed by atoms with Crippen LogP contribution in [0.15, 0.2) is 5.57 Å². The number of benzene rings is 1. The Morgan fingerprint density at radius 2 is 1.68 bits per heavy atom. The summed E-state index contributed by atoms with van der Waals surface area (Å²) in [6.07, 6.45) is 1.97. The Hall–Kier alpha value is -1.68. The van der Waals surface area contributed by atoms with Gasteiger partial charge in [0.05, 0.1) is 0 Å². The molecule has 102 valence electrons. The summed E-state index contributed by atoms with van der Waals surface area (Å²) in [6, 6.07) is 0. The zero-order valence-corrected chi connectivity index (χ0v) is 10.9. The molecule has 0 heterocycles. The number of aliphatic hydroxyl groups is 1. The van der Waals surface area contributed by atoms with Gasteiger partial charge in [-0.3, -0.25) is 0 Å². The molecular formula is C12H11F2O4P. The van der Waals surface area contributed by atoms with Gasteiger partial charge in [-0.2, -0.15) is 4.39 Å². The second-order valence-electron chi connectivity index (χ2n) is 4.25. The van der Waals surface area contributed by atoms with Gasteiger partial charge in [-0.15, -0.1) is 9.24 Å². The first-order chi connectivity index (χ1) is 8.86. The number of hydrogen-bond acceptors (Lipinski definition) is 3. The lowest BCUT2D eigenvalue weighted by Crippen LogP contribution is -2.18. The SMILES string of the molecule is O=C(O)c1c(F)c(F)c(O)c(P)c1C(O)=C1CCC1. The molecule has 2 rings (SSSR count). The van der Waals surface area contributed by atoms with Crippen LogP contribution in [0.25, 0.3) is 5.76 Å². The average Bonchev–Trinajstić information content (AvgIpc) is 2.27. The average molecular weight is 288 g/mol. The van der Waals surface area contributed by atoms with Crippen molar-refractivity contribution in [3.05, 3.63) is 28.3 Å². The Labute approximate surface area is 109 Å². The Kier molecular flexibility index (Phi) is 3.45. The smallest absolute Gasteiger partial charge is 0.339 e. The van der Waals surface area contributed by atoms with Crippen LogP contribution in [0.2, 0.25) is 0 Å². The topological polar surface area (TPSA) is 77.8 Å². The second-order valence-corrected chi connectivity index (χ2v) is 4.83. The fourth-order valence-electron chi connectivity index (χ4n) is 1.91. The molecule has 19 heavy (non-hydrogen) atoms. The highest BCUT2D eigenvalue weighted by Crippen LogP contribution is 2.36. The van der Waals surface area contributed by atoms with Crippen LogP contribution in [0.4, 0.5) is 8.78 Å². The lowest BCUT2D eigenvalue weighted by atomic mass is 9.88. The Morgan fingerprint density at radius 3 is 2.11 bits per heavy atom. The van der Waals surface area contributed by atoms with Crippen molar-refractivity contribution in [3.8, 4) is 5.75 Å². The van der Waals surface area contributed by atoms with Gasteiger partial charge in [0.1, 0.15) is 11.3 Å². The van der Waals surface area contributed by atoms with Crippen LogP contribution < -0.4 is 5.30 Å². The quantitative estimate of drug-likeness (QED) is 0.576. The van der Waals surface area contributed by atoms with Gasteiger partial charge in [0.2, 0.25) is 5.82 Å². The molecule has 0 bridgehead atoms. The summed E-state index contributed by atoms with van der Waals surface area (Å²) in [5.74, 6) is -6.45.